The van der Waals surface area contributed by atoms with E-state index in [1.54, 1.807) is 0 Å². The first-order valence-corrected chi connectivity index (χ1v) is 4.24. The van der Waals surface area contributed by atoms with E-state index in [9.17, 15) is 4.79 Å². The highest BCUT2D eigenvalue weighted by atomic mass is 16.1. The van der Waals surface area contributed by atoms with Gasteiger partial charge in [-0.2, -0.15) is 0 Å². The van der Waals surface area contributed by atoms with Crippen molar-refractivity contribution in [3.8, 4) is 0 Å². The van der Waals surface area contributed by atoms with Crippen LogP contribution in [0.15, 0.2) is 24.3 Å². The van der Waals surface area contributed by atoms with Crippen LogP contribution < -0.4 is 11.1 Å². The first kappa shape index (κ1) is 9.74. The molecule has 0 unspecified atom stereocenters. The Morgan fingerprint density at radius 2 is 1.85 bits per heavy atom. The summed E-state index contributed by atoms with van der Waals surface area (Å²) in [5, 5.41) is 2.73. The molecule has 1 aromatic rings. The minimum atomic E-state index is -0.0112. The molecule has 0 heterocycles. The predicted molar refractivity (Wildman–Crippen MR) is 51.9 cm³/mol. The number of benzene rings is 1. The summed E-state index contributed by atoms with van der Waals surface area (Å²) in [6, 6.07) is 7.88. The molecule has 70 valence electrons. The van der Waals surface area contributed by atoms with E-state index in [4.69, 9.17) is 5.73 Å². The Balaban J connectivity index is 2.54. The van der Waals surface area contributed by atoms with Crippen molar-refractivity contribution in [3.63, 3.8) is 0 Å². The van der Waals surface area contributed by atoms with Gasteiger partial charge in [-0.15, -0.1) is 0 Å². The zero-order chi connectivity index (χ0) is 9.68. The molecule has 0 bridgehead atoms. The van der Waals surface area contributed by atoms with E-state index in [1.165, 1.54) is 6.92 Å². The van der Waals surface area contributed by atoms with Crippen molar-refractivity contribution in [2.45, 2.75) is 20.0 Å². The fraction of sp³-hybridized carbons (Fsp3) is 0.300. The van der Waals surface area contributed by atoms with Crippen LogP contribution in [0.1, 0.15) is 18.1 Å². The molecule has 0 saturated heterocycles. The predicted octanol–water partition coefficient (Wildman–Crippen LogP) is 0.781. The maximum absolute atomic E-state index is 10.6. The van der Waals surface area contributed by atoms with Gasteiger partial charge in [-0.05, 0) is 11.1 Å². The molecule has 1 aromatic carbocycles. The summed E-state index contributed by atoms with van der Waals surface area (Å²) >= 11 is 0. The highest BCUT2D eigenvalue weighted by Crippen LogP contribution is 2.02. The van der Waals surface area contributed by atoms with Crippen LogP contribution in [0.5, 0.6) is 0 Å². The van der Waals surface area contributed by atoms with Crippen molar-refractivity contribution in [1.29, 1.82) is 0 Å². The second kappa shape index (κ2) is 4.62. The summed E-state index contributed by atoms with van der Waals surface area (Å²) in [4.78, 5) is 10.6. The topological polar surface area (TPSA) is 55.1 Å². The number of carbonyl (C=O) groups is 1. The Kier molecular flexibility index (Phi) is 3.46. The van der Waals surface area contributed by atoms with Crippen LogP contribution in [0.2, 0.25) is 0 Å². The monoisotopic (exact) mass is 178 g/mol. The van der Waals surface area contributed by atoms with Crippen molar-refractivity contribution >= 4 is 5.91 Å². The number of hydrogen-bond acceptors (Lipinski definition) is 2. The summed E-state index contributed by atoms with van der Waals surface area (Å²) in [6.07, 6.45) is 0. The molecule has 1 amide bonds. The molecule has 0 aliphatic heterocycles. The number of rotatable bonds is 3. The van der Waals surface area contributed by atoms with E-state index < -0.39 is 0 Å². The molecule has 3 nitrogen and oxygen atoms in total. The van der Waals surface area contributed by atoms with Crippen LogP contribution in [0, 0.1) is 0 Å². The SMILES string of the molecule is CC(=O)NCc1ccc(CN)cc1. The Labute approximate surface area is 77.9 Å². The Morgan fingerprint density at radius 1 is 1.31 bits per heavy atom. The third-order valence-corrected chi connectivity index (χ3v) is 1.80. The van der Waals surface area contributed by atoms with Gasteiger partial charge in [0.15, 0.2) is 0 Å². The lowest BCUT2D eigenvalue weighted by molar-refractivity contribution is -0.119. The molecule has 0 fully saturated rings. The zero-order valence-electron chi connectivity index (χ0n) is 7.71. The van der Waals surface area contributed by atoms with Gasteiger partial charge in [-0.1, -0.05) is 24.3 Å². The molecule has 0 atom stereocenters. The van der Waals surface area contributed by atoms with E-state index in [-0.39, 0.29) is 5.91 Å². The molecule has 3 heteroatoms. The minimum absolute atomic E-state index is 0.0112. The Bertz CT molecular complexity index is 279. The number of nitrogens with one attached hydrogen (secondary N) is 1. The third-order valence-electron chi connectivity index (χ3n) is 1.80. The average molecular weight is 178 g/mol. The molecule has 0 spiro atoms. The van der Waals surface area contributed by atoms with Gasteiger partial charge in [-0.25, -0.2) is 0 Å². The fourth-order valence-electron chi connectivity index (χ4n) is 1.02. The van der Waals surface area contributed by atoms with Gasteiger partial charge < -0.3 is 11.1 Å². The Morgan fingerprint density at radius 3 is 2.31 bits per heavy atom. The summed E-state index contributed by atoms with van der Waals surface area (Å²) in [7, 11) is 0. The molecule has 0 aliphatic rings. The molecule has 3 N–H and O–H groups in total. The summed E-state index contributed by atoms with van der Waals surface area (Å²) < 4.78 is 0. The summed E-state index contributed by atoms with van der Waals surface area (Å²) in [5.41, 5.74) is 7.65. The molecule has 0 aromatic heterocycles. The Hall–Kier alpha value is -1.35. The van der Waals surface area contributed by atoms with Gasteiger partial charge in [0, 0.05) is 20.0 Å². The smallest absolute Gasteiger partial charge is 0.217 e. The number of carbonyl (C=O) groups excluding carboxylic acids is 1. The van der Waals surface area contributed by atoms with Gasteiger partial charge in [-0.3, -0.25) is 4.79 Å². The van der Waals surface area contributed by atoms with Crippen molar-refractivity contribution in [1.82, 2.24) is 5.32 Å². The van der Waals surface area contributed by atoms with E-state index in [0.29, 0.717) is 13.1 Å². The van der Waals surface area contributed by atoms with Crippen LogP contribution in [-0.2, 0) is 17.9 Å². The van der Waals surface area contributed by atoms with Gasteiger partial charge in [0.2, 0.25) is 5.91 Å². The van der Waals surface area contributed by atoms with Gasteiger partial charge in [0.05, 0.1) is 0 Å². The zero-order valence-corrected chi connectivity index (χ0v) is 7.71. The van der Waals surface area contributed by atoms with E-state index in [0.717, 1.165) is 11.1 Å². The van der Waals surface area contributed by atoms with Crippen LogP contribution in [0.3, 0.4) is 0 Å². The number of nitrogens with two attached hydrogens (primary N) is 1. The molecule has 0 aliphatic carbocycles. The quantitative estimate of drug-likeness (QED) is 0.718. The van der Waals surface area contributed by atoms with Crippen LogP contribution in [0.4, 0.5) is 0 Å². The molecule has 0 radical (unpaired) electrons. The van der Waals surface area contributed by atoms with Crippen LogP contribution >= 0.6 is 0 Å². The molecular formula is C10H14N2O. The standard InChI is InChI=1S/C10H14N2O/c1-8(13)12-7-10-4-2-9(6-11)3-5-10/h2-5H,6-7,11H2,1H3,(H,12,13). The van der Waals surface area contributed by atoms with Crippen LogP contribution in [-0.4, -0.2) is 5.91 Å². The lowest BCUT2D eigenvalue weighted by Gasteiger charge is -2.02. The molecule has 1 rings (SSSR count). The maximum atomic E-state index is 10.6. The third kappa shape index (κ3) is 3.25. The van der Waals surface area contributed by atoms with Crippen molar-refractivity contribution in [3.05, 3.63) is 35.4 Å². The number of hydrogen-bond donors (Lipinski definition) is 2. The second-order valence-electron chi connectivity index (χ2n) is 2.93. The second-order valence-corrected chi connectivity index (χ2v) is 2.93. The van der Waals surface area contributed by atoms with Gasteiger partial charge in [0.1, 0.15) is 0 Å². The summed E-state index contributed by atoms with van der Waals surface area (Å²) in [5.74, 6) is -0.0112. The van der Waals surface area contributed by atoms with E-state index >= 15 is 0 Å². The minimum Gasteiger partial charge on any atom is -0.352 e. The fourth-order valence-corrected chi connectivity index (χ4v) is 1.02. The van der Waals surface area contributed by atoms with E-state index in [2.05, 4.69) is 5.32 Å². The number of amides is 1. The normalized spacial score (nSPS) is 9.69. The molecule has 0 saturated carbocycles. The van der Waals surface area contributed by atoms with Crippen molar-refractivity contribution in [2.75, 3.05) is 0 Å². The highest BCUT2D eigenvalue weighted by Gasteiger charge is 1.94. The highest BCUT2D eigenvalue weighted by molar-refractivity contribution is 5.72. The molecular weight excluding hydrogens is 164 g/mol. The lowest BCUT2D eigenvalue weighted by atomic mass is 10.1. The van der Waals surface area contributed by atoms with Crippen molar-refractivity contribution in [2.24, 2.45) is 5.73 Å². The first-order chi connectivity index (χ1) is 6.22. The average Bonchev–Trinajstić information content (AvgIpc) is 2.15. The van der Waals surface area contributed by atoms with Gasteiger partial charge in [0.25, 0.3) is 0 Å². The van der Waals surface area contributed by atoms with Crippen LogP contribution in [0.25, 0.3) is 0 Å². The first-order valence-electron chi connectivity index (χ1n) is 4.24. The van der Waals surface area contributed by atoms with Gasteiger partial charge >= 0.3 is 0 Å². The molecule has 13 heavy (non-hydrogen) atoms. The lowest BCUT2D eigenvalue weighted by Crippen LogP contribution is -2.18. The van der Waals surface area contributed by atoms with Crippen molar-refractivity contribution < 1.29 is 4.79 Å². The summed E-state index contributed by atoms with van der Waals surface area (Å²) in [6.45, 7) is 2.65. The van der Waals surface area contributed by atoms with E-state index in [1.807, 2.05) is 24.3 Å². The largest absolute Gasteiger partial charge is 0.352 e. The maximum Gasteiger partial charge on any atom is 0.217 e.